The fraction of sp³-hybridized carbons (Fsp3) is 0.348. The van der Waals surface area contributed by atoms with Gasteiger partial charge in [0.25, 0.3) is 0 Å². The minimum Gasteiger partial charge on any atom is -0.491 e. The first-order chi connectivity index (χ1) is 15.0. The Bertz CT molecular complexity index is 1070. The topological polar surface area (TPSA) is 95.0 Å². The largest absolute Gasteiger partial charge is 0.491 e. The van der Waals surface area contributed by atoms with E-state index in [1.54, 1.807) is 24.0 Å². The van der Waals surface area contributed by atoms with Gasteiger partial charge >= 0.3 is 6.09 Å². The van der Waals surface area contributed by atoms with Crippen LogP contribution in [0, 0.1) is 0 Å². The van der Waals surface area contributed by atoms with Crippen molar-refractivity contribution >= 4 is 28.6 Å². The summed E-state index contributed by atoms with van der Waals surface area (Å²) in [5, 5.41) is 20.1. The number of H-pyrrole nitrogens is 1. The third-order valence-electron chi connectivity index (χ3n) is 5.44. The molecule has 2 heterocycles. The number of hydrogen-bond donors (Lipinski definition) is 3. The van der Waals surface area contributed by atoms with Crippen molar-refractivity contribution in [2.45, 2.75) is 25.5 Å². The monoisotopic (exact) mass is 444 g/mol. The van der Waals surface area contributed by atoms with E-state index in [9.17, 15) is 9.90 Å². The first kappa shape index (κ1) is 21.5. The van der Waals surface area contributed by atoms with Gasteiger partial charge in [-0.3, -0.25) is 4.90 Å². The Hall–Kier alpha value is -2.74. The van der Waals surface area contributed by atoms with E-state index in [2.05, 4.69) is 4.98 Å². The lowest BCUT2D eigenvalue weighted by atomic mass is 9.92. The fourth-order valence-electron chi connectivity index (χ4n) is 4.00. The summed E-state index contributed by atoms with van der Waals surface area (Å²) >= 11 is 6.23. The van der Waals surface area contributed by atoms with Gasteiger partial charge in [-0.15, -0.1) is 0 Å². The van der Waals surface area contributed by atoms with Crippen LogP contribution < -0.4 is 4.74 Å². The van der Waals surface area contributed by atoms with E-state index in [4.69, 9.17) is 26.2 Å². The molecule has 2 atom stereocenters. The molecular weight excluding hydrogens is 420 g/mol. The molecule has 2 unspecified atom stereocenters. The highest BCUT2D eigenvalue weighted by Crippen LogP contribution is 2.39. The fourth-order valence-corrected chi connectivity index (χ4v) is 4.17. The molecule has 7 nitrogen and oxygen atoms in total. The molecule has 4 rings (SSSR count). The predicted molar refractivity (Wildman–Crippen MR) is 118 cm³/mol. The number of carbonyl (C=O) groups excluding carboxylic acids is 1. The summed E-state index contributed by atoms with van der Waals surface area (Å²) < 4.78 is 10.8. The zero-order valence-electron chi connectivity index (χ0n) is 17.2. The molecule has 1 amide bonds. The van der Waals surface area contributed by atoms with E-state index in [1.165, 1.54) is 0 Å². The summed E-state index contributed by atoms with van der Waals surface area (Å²) in [5.41, 5.74) is 3.97. The van der Waals surface area contributed by atoms with Crippen LogP contribution in [-0.2, 0) is 11.2 Å². The highest BCUT2D eigenvalue weighted by Gasteiger charge is 2.35. The van der Waals surface area contributed by atoms with Crippen molar-refractivity contribution in [1.29, 1.82) is 0 Å². The van der Waals surface area contributed by atoms with Crippen LogP contribution in [0.1, 0.15) is 29.8 Å². The number of hydrogen-bond acceptors (Lipinski definition) is 5. The summed E-state index contributed by atoms with van der Waals surface area (Å²) in [6.45, 7) is 2.26. The Balaban J connectivity index is 1.71. The quantitative estimate of drug-likeness (QED) is 0.539. The maximum absolute atomic E-state index is 12.7. The van der Waals surface area contributed by atoms with Gasteiger partial charge in [0.2, 0.25) is 0 Å². The summed E-state index contributed by atoms with van der Waals surface area (Å²) in [7, 11) is 0. The van der Waals surface area contributed by atoms with Crippen LogP contribution in [0.5, 0.6) is 5.75 Å². The smallest absolute Gasteiger partial charge is 0.410 e. The lowest BCUT2D eigenvalue weighted by Crippen LogP contribution is -2.40. The van der Waals surface area contributed by atoms with Gasteiger partial charge < -0.3 is 24.7 Å². The molecular formula is C23H25ClN2O5. The maximum atomic E-state index is 12.7. The molecule has 8 heteroatoms. The Morgan fingerprint density at radius 1 is 1.29 bits per heavy atom. The number of halogens is 1. The molecule has 3 aromatic rings. The van der Waals surface area contributed by atoms with Crippen molar-refractivity contribution in [3.05, 3.63) is 64.3 Å². The number of aliphatic hydroxyl groups is 2. The minimum absolute atomic E-state index is 0.00114. The van der Waals surface area contributed by atoms with Crippen molar-refractivity contribution in [1.82, 2.24) is 9.88 Å². The second kappa shape index (κ2) is 9.18. The van der Waals surface area contributed by atoms with Crippen molar-refractivity contribution in [3.63, 3.8) is 0 Å². The molecule has 0 aliphatic carbocycles. The van der Waals surface area contributed by atoms with Gasteiger partial charge in [-0.25, -0.2) is 4.79 Å². The third-order valence-corrected chi connectivity index (χ3v) is 5.68. The average molecular weight is 445 g/mol. The highest BCUT2D eigenvalue weighted by atomic mass is 35.5. The van der Waals surface area contributed by atoms with Crippen LogP contribution in [0.25, 0.3) is 10.9 Å². The number of amides is 1. The van der Waals surface area contributed by atoms with E-state index in [0.29, 0.717) is 30.3 Å². The van der Waals surface area contributed by atoms with Gasteiger partial charge in [-0.05, 0) is 54.8 Å². The molecule has 1 aliphatic rings. The van der Waals surface area contributed by atoms with Crippen LogP contribution >= 0.6 is 11.6 Å². The van der Waals surface area contributed by atoms with Crippen molar-refractivity contribution in [2.75, 3.05) is 26.4 Å². The Morgan fingerprint density at radius 3 is 2.77 bits per heavy atom. The zero-order chi connectivity index (χ0) is 22.0. The lowest BCUT2D eigenvalue weighted by molar-refractivity contribution is 0.0536. The van der Waals surface area contributed by atoms with Crippen LogP contribution in [0.2, 0.25) is 5.02 Å². The summed E-state index contributed by atoms with van der Waals surface area (Å²) in [6.07, 6.45) is -0.593. The third kappa shape index (κ3) is 4.35. The molecule has 0 bridgehead atoms. The van der Waals surface area contributed by atoms with Crippen LogP contribution in [0.3, 0.4) is 0 Å². The van der Waals surface area contributed by atoms with Gasteiger partial charge in [-0.1, -0.05) is 23.7 Å². The number of nitrogens with zero attached hydrogens (tertiary/aromatic N) is 1. The molecule has 0 fully saturated rings. The SMILES string of the molecule is CCOC(=O)N1CCc2c([nH]c3ccc(Cl)cc23)C1c1ccc(OCC(O)CO)cc1. The highest BCUT2D eigenvalue weighted by molar-refractivity contribution is 6.31. The number of aliphatic hydroxyl groups excluding tert-OH is 2. The average Bonchev–Trinajstić information content (AvgIpc) is 3.15. The van der Waals surface area contributed by atoms with E-state index < -0.39 is 6.10 Å². The number of nitrogens with one attached hydrogen (secondary N) is 1. The Kier molecular flexibility index (Phi) is 6.36. The second-order valence-corrected chi connectivity index (χ2v) is 7.90. The molecule has 0 saturated carbocycles. The summed E-state index contributed by atoms with van der Waals surface area (Å²) in [6, 6.07) is 12.8. The molecule has 3 N–H and O–H groups in total. The number of rotatable bonds is 6. The van der Waals surface area contributed by atoms with Gasteiger partial charge in [0.1, 0.15) is 24.5 Å². The zero-order valence-corrected chi connectivity index (χ0v) is 17.9. The van der Waals surface area contributed by atoms with E-state index >= 15 is 0 Å². The number of ether oxygens (including phenoxy) is 2. The normalized spacial score (nSPS) is 16.8. The van der Waals surface area contributed by atoms with Gasteiger partial charge in [0.15, 0.2) is 0 Å². The maximum Gasteiger partial charge on any atom is 0.410 e. The lowest BCUT2D eigenvalue weighted by Gasteiger charge is -2.35. The molecule has 0 radical (unpaired) electrons. The number of fused-ring (bicyclic) bond motifs is 3. The van der Waals surface area contributed by atoms with E-state index in [-0.39, 0.29) is 25.3 Å². The molecule has 31 heavy (non-hydrogen) atoms. The first-order valence-corrected chi connectivity index (χ1v) is 10.6. The van der Waals surface area contributed by atoms with Gasteiger partial charge in [0, 0.05) is 28.2 Å². The van der Waals surface area contributed by atoms with E-state index in [0.717, 1.165) is 27.7 Å². The van der Waals surface area contributed by atoms with Gasteiger partial charge in [0.05, 0.1) is 13.2 Å². The molecule has 164 valence electrons. The molecule has 1 aromatic heterocycles. The number of benzene rings is 2. The summed E-state index contributed by atoms with van der Waals surface area (Å²) in [4.78, 5) is 17.9. The molecule has 0 saturated heterocycles. The van der Waals surface area contributed by atoms with Gasteiger partial charge in [-0.2, -0.15) is 0 Å². The predicted octanol–water partition coefficient (Wildman–Crippen LogP) is 3.66. The Morgan fingerprint density at radius 2 is 2.06 bits per heavy atom. The van der Waals surface area contributed by atoms with Crippen molar-refractivity contribution in [2.24, 2.45) is 0 Å². The molecule has 1 aliphatic heterocycles. The van der Waals surface area contributed by atoms with Crippen molar-refractivity contribution < 1.29 is 24.5 Å². The standard InChI is InChI=1S/C23H25ClN2O5/c1-2-30-23(29)26-10-9-18-19-11-15(24)5-8-20(19)25-21(18)22(26)14-3-6-17(7-4-14)31-13-16(28)12-27/h3-8,11,16,22,25,27-28H,2,9-10,12-13H2,1H3. The van der Waals surface area contributed by atoms with E-state index in [1.807, 2.05) is 30.3 Å². The van der Waals surface area contributed by atoms with Crippen LogP contribution in [-0.4, -0.2) is 58.7 Å². The second-order valence-electron chi connectivity index (χ2n) is 7.47. The molecule has 0 spiro atoms. The number of aromatic amines is 1. The van der Waals surface area contributed by atoms with Crippen LogP contribution in [0.15, 0.2) is 42.5 Å². The van der Waals surface area contributed by atoms with Crippen LogP contribution in [0.4, 0.5) is 4.79 Å². The van der Waals surface area contributed by atoms with Crippen molar-refractivity contribution in [3.8, 4) is 5.75 Å². The number of carbonyl (C=O) groups is 1. The summed E-state index contributed by atoms with van der Waals surface area (Å²) in [5.74, 6) is 0.568. The first-order valence-electron chi connectivity index (χ1n) is 10.3. The minimum atomic E-state index is -0.932. The molecule has 2 aromatic carbocycles. The number of aromatic nitrogens is 1. The Labute approximate surface area is 185 Å².